The van der Waals surface area contributed by atoms with Gasteiger partial charge in [0.25, 0.3) is 0 Å². The lowest BCUT2D eigenvalue weighted by molar-refractivity contribution is -0.141. The topological polar surface area (TPSA) is 75.4 Å². The molecule has 19 heavy (non-hydrogen) atoms. The molecule has 0 saturated carbocycles. The molecule has 2 rings (SSSR count). The number of rotatable bonds is 4. The molecule has 0 spiro atoms. The molecular weight excluding hydrogens is 244 g/mol. The minimum atomic E-state index is -0.843. The lowest BCUT2D eigenvalue weighted by Crippen LogP contribution is -2.15. The van der Waals surface area contributed by atoms with E-state index in [1.807, 2.05) is 6.07 Å². The molecular formula is C14H16N2O3. The van der Waals surface area contributed by atoms with Crippen LogP contribution in [-0.4, -0.2) is 26.0 Å². The molecule has 5 nitrogen and oxygen atoms in total. The first-order chi connectivity index (χ1) is 9.00. The predicted octanol–water partition coefficient (Wildman–Crippen LogP) is 2.06. The van der Waals surface area contributed by atoms with Crippen molar-refractivity contribution in [3.8, 4) is 16.9 Å². The molecule has 5 heteroatoms. The van der Waals surface area contributed by atoms with Gasteiger partial charge in [-0.15, -0.1) is 0 Å². The summed E-state index contributed by atoms with van der Waals surface area (Å²) in [6, 6.07) is 6.97. The quantitative estimate of drug-likeness (QED) is 0.882. The average Bonchev–Trinajstić information content (AvgIpc) is 2.72. The summed E-state index contributed by atoms with van der Waals surface area (Å²) < 4.78 is 1.65. The van der Waals surface area contributed by atoms with Crippen molar-refractivity contribution < 1.29 is 15.0 Å². The standard InChI is InChI=1S/C14H16N2O3/c1-9(14(18)19)7-12-11(8-15-16(12)2)10-5-3-4-6-13(10)17/h3-6,8-9,17H,7H2,1-2H3,(H,18,19). The third kappa shape index (κ3) is 2.59. The summed E-state index contributed by atoms with van der Waals surface area (Å²) in [7, 11) is 1.77. The van der Waals surface area contributed by atoms with Gasteiger partial charge in [0.05, 0.1) is 12.1 Å². The highest BCUT2D eigenvalue weighted by atomic mass is 16.4. The molecule has 0 amide bonds. The SMILES string of the molecule is CC(Cc1c(-c2ccccc2O)cnn1C)C(=O)O. The van der Waals surface area contributed by atoms with Gasteiger partial charge in [-0.05, 0) is 6.07 Å². The number of carbonyl (C=O) groups is 1. The molecule has 1 heterocycles. The van der Waals surface area contributed by atoms with Gasteiger partial charge in [-0.2, -0.15) is 5.10 Å². The molecule has 0 aliphatic carbocycles. The number of benzene rings is 1. The van der Waals surface area contributed by atoms with E-state index in [1.165, 1.54) is 0 Å². The largest absolute Gasteiger partial charge is 0.507 e. The van der Waals surface area contributed by atoms with Gasteiger partial charge in [0, 0.05) is 30.3 Å². The van der Waals surface area contributed by atoms with Crippen LogP contribution in [0.15, 0.2) is 30.5 Å². The Labute approximate surface area is 111 Å². The third-order valence-electron chi connectivity index (χ3n) is 3.18. The van der Waals surface area contributed by atoms with E-state index in [4.69, 9.17) is 5.11 Å². The molecule has 0 bridgehead atoms. The Hall–Kier alpha value is -2.30. The molecule has 0 radical (unpaired) electrons. The van der Waals surface area contributed by atoms with Crippen LogP contribution in [0.25, 0.3) is 11.1 Å². The first kappa shape index (κ1) is 13.1. The van der Waals surface area contributed by atoms with Crippen molar-refractivity contribution in [3.63, 3.8) is 0 Å². The fraction of sp³-hybridized carbons (Fsp3) is 0.286. The number of aromatic hydroxyl groups is 1. The normalized spacial score (nSPS) is 12.3. The van der Waals surface area contributed by atoms with Crippen LogP contribution in [-0.2, 0) is 18.3 Å². The molecule has 0 saturated heterocycles. The van der Waals surface area contributed by atoms with Gasteiger partial charge < -0.3 is 10.2 Å². The van der Waals surface area contributed by atoms with E-state index in [0.717, 1.165) is 11.3 Å². The van der Waals surface area contributed by atoms with Crippen molar-refractivity contribution in [2.75, 3.05) is 0 Å². The average molecular weight is 260 g/mol. The van der Waals surface area contributed by atoms with E-state index in [0.29, 0.717) is 12.0 Å². The van der Waals surface area contributed by atoms with Gasteiger partial charge in [0.2, 0.25) is 0 Å². The van der Waals surface area contributed by atoms with E-state index in [-0.39, 0.29) is 5.75 Å². The van der Waals surface area contributed by atoms with Gasteiger partial charge >= 0.3 is 5.97 Å². The van der Waals surface area contributed by atoms with Gasteiger partial charge in [0.1, 0.15) is 5.75 Å². The molecule has 0 aliphatic rings. The Morgan fingerprint density at radius 1 is 1.37 bits per heavy atom. The monoisotopic (exact) mass is 260 g/mol. The summed E-state index contributed by atoms with van der Waals surface area (Å²) in [5, 5.41) is 23.1. The fourth-order valence-corrected chi connectivity index (χ4v) is 2.01. The number of phenolic OH excluding ortho intramolecular Hbond substituents is 1. The van der Waals surface area contributed by atoms with Crippen LogP contribution in [0.1, 0.15) is 12.6 Å². The number of carboxylic acids is 1. The number of hydrogen-bond donors (Lipinski definition) is 2. The minimum absolute atomic E-state index is 0.166. The predicted molar refractivity (Wildman–Crippen MR) is 70.8 cm³/mol. The molecule has 1 aromatic heterocycles. The van der Waals surface area contributed by atoms with E-state index in [9.17, 15) is 9.90 Å². The maximum atomic E-state index is 11.0. The number of aliphatic carboxylic acids is 1. The Morgan fingerprint density at radius 2 is 2.05 bits per heavy atom. The highest BCUT2D eigenvalue weighted by Gasteiger charge is 2.19. The van der Waals surface area contributed by atoms with Crippen LogP contribution in [0.5, 0.6) is 5.75 Å². The zero-order valence-corrected chi connectivity index (χ0v) is 10.9. The fourth-order valence-electron chi connectivity index (χ4n) is 2.01. The molecule has 2 N–H and O–H groups in total. The molecule has 0 aliphatic heterocycles. The third-order valence-corrected chi connectivity index (χ3v) is 3.18. The van der Waals surface area contributed by atoms with Crippen molar-refractivity contribution in [3.05, 3.63) is 36.2 Å². The van der Waals surface area contributed by atoms with Crippen molar-refractivity contribution in [1.82, 2.24) is 9.78 Å². The summed E-state index contributed by atoms with van der Waals surface area (Å²) in [6.45, 7) is 1.66. The summed E-state index contributed by atoms with van der Waals surface area (Å²) >= 11 is 0. The Balaban J connectivity index is 2.43. The molecule has 1 aromatic carbocycles. The summed E-state index contributed by atoms with van der Waals surface area (Å²) in [5.41, 5.74) is 2.24. The van der Waals surface area contributed by atoms with Crippen LogP contribution in [0.2, 0.25) is 0 Å². The van der Waals surface area contributed by atoms with Crippen LogP contribution < -0.4 is 0 Å². The highest BCUT2D eigenvalue weighted by Crippen LogP contribution is 2.32. The maximum absolute atomic E-state index is 11.0. The molecule has 100 valence electrons. The van der Waals surface area contributed by atoms with Gasteiger partial charge in [-0.25, -0.2) is 0 Å². The van der Waals surface area contributed by atoms with Crippen LogP contribution >= 0.6 is 0 Å². The second-order valence-electron chi connectivity index (χ2n) is 4.59. The number of aromatic nitrogens is 2. The summed E-state index contributed by atoms with van der Waals surface area (Å²) in [6.07, 6.45) is 2.02. The summed E-state index contributed by atoms with van der Waals surface area (Å²) in [4.78, 5) is 11.0. The Morgan fingerprint density at radius 3 is 2.68 bits per heavy atom. The van der Waals surface area contributed by atoms with Gasteiger partial charge in [-0.3, -0.25) is 9.48 Å². The van der Waals surface area contributed by atoms with Crippen molar-refractivity contribution in [1.29, 1.82) is 0 Å². The Bertz CT molecular complexity index is 604. The van der Waals surface area contributed by atoms with Crippen LogP contribution in [0.3, 0.4) is 0 Å². The van der Waals surface area contributed by atoms with E-state index >= 15 is 0 Å². The van der Waals surface area contributed by atoms with E-state index in [1.54, 1.807) is 43.0 Å². The number of hydrogen-bond acceptors (Lipinski definition) is 3. The lowest BCUT2D eigenvalue weighted by atomic mass is 9.98. The number of carboxylic acid groups (broad SMARTS) is 1. The van der Waals surface area contributed by atoms with Crippen molar-refractivity contribution in [2.45, 2.75) is 13.3 Å². The number of nitrogens with zero attached hydrogens (tertiary/aromatic N) is 2. The van der Waals surface area contributed by atoms with Crippen molar-refractivity contribution >= 4 is 5.97 Å². The second-order valence-corrected chi connectivity index (χ2v) is 4.59. The van der Waals surface area contributed by atoms with Crippen LogP contribution in [0.4, 0.5) is 0 Å². The molecule has 2 aromatic rings. The van der Waals surface area contributed by atoms with E-state index < -0.39 is 11.9 Å². The number of phenols is 1. The first-order valence-corrected chi connectivity index (χ1v) is 6.02. The van der Waals surface area contributed by atoms with Crippen molar-refractivity contribution in [2.24, 2.45) is 13.0 Å². The zero-order chi connectivity index (χ0) is 14.0. The summed E-state index contributed by atoms with van der Waals surface area (Å²) in [5.74, 6) is -1.18. The maximum Gasteiger partial charge on any atom is 0.306 e. The second kappa shape index (κ2) is 5.14. The first-order valence-electron chi connectivity index (χ1n) is 6.02. The van der Waals surface area contributed by atoms with Crippen LogP contribution in [0, 0.1) is 5.92 Å². The van der Waals surface area contributed by atoms with E-state index in [2.05, 4.69) is 5.10 Å². The smallest absolute Gasteiger partial charge is 0.306 e. The zero-order valence-electron chi connectivity index (χ0n) is 10.9. The lowest BCUT2D eigenvalue weighted by Gasteiger charge is -2.10. The van der Waals surface area contributed by atoms with Gasteiger partial charge in [0.15, 0.2) is 0 Å². The molecule has 0 fully saturated rings. The van der Waals surface area contributed by atoms with Gasteiger partial charge in [-0.1, -0.05) is 25.1 Å². The molecule has 1 unspecified atom stereocenters. The number of para-hydroxylation sites is 1. The highest BCUT2D eigenvalue weighted by molar-refractivity contribution is 5.74. The molecule has 1 atom stereocenters. The Kier molecular flexibility index (Phi) is 3.55. The number of aryl methyl sites for hydroxylation is 1. The minimum Gasteiger partial charge on any atom is -0.507 e.